The van der Waals surface area contributed by atoms with Gasteiger partial charge in [-0.15, -0.1) is 0 Å². The van der Waals surface area contributed by atoms with Crippen LogP contribution in [0.3, 0.4) is 0 Å². The average Bonchev–Trinajstić information content (AvgIpc) is 2.83. The molecule has 0 atom stereocenters. The van der Waals surface area contributed by atoms with Crippen molar-refractivity contribution in [3.63, 3.8) is 0 Å². The Bertz CT molecular complexity index is 900. The number of amides is 1. The summed E-state index contributed by atoms with van der Waals surface area (Å²) in [7, 11) is 0. The maximum absolute atomic E-state index is 13.1. The molecule has 0 aliphatic rings. The highest BCUT2D eigenvalue weighted by Gasteiger charge is 2.20. The summed E-state index contributed by atoms with van der Waals surface area (Å²) in [5.41, 5.74) is 3.48. The van der Waals surface area contributed by atoms with Gasteiger partial charge < -0.3 is 5.32 Å². The lowest BCUT2D eigenvalue weighted by Crippen LogP contribution is -2.15. The first-order valence-electron chi connectivity index (χ1n) is 7.52. The highest BCUT2D eigenvalue weighted by Crippen LogP contribution is 2.19. The molecule has 0 aliphatic carbocycles. The van der Waals surface area contributed by atoms with E-state index in [0.717, 1.165) is 5.56 Å². The quantitative estimate of drug-likeness (QED) is 0.801. The Labute approximate surface area is 139 Å². The molecule has 2 aromatic heterocycles. The minimum atomic E-state index is -0.316. The number of benzene rings is 1. The van der Waals surface area contributed by atoms with Gasteiger partial charge in [0.2, 0.25) is 0 Å². The summed E-state index contributed by atoms with van der Waals surface area (Å²) in [6, 6.07) is 9.63. The zero-order valence-corrected chi connectivity index (χ0v) is 13.7. The molecule has 24 heavy (non-hydrogen) atoms. The highest BCUT2D eigenvalue weighted by molar-refractivity contribution is 6.05. The van der Waals surface area contributed by atoms with Crippen molar-refractivity contribution in [1.29, 1.82) is 0 Å². The van der Waals surface area contributed by atoms with Crippen molar-refractivity contribution in [1.82, 2.24) is 14.8 Å². The molecule has 0 radical (unpaired) electrons. The van der Waals surface area contributed by atoms with Gasteiger partial charge in [0.25, 0.3) is 5.91 Å². The summed E-state index contributed by atoms with van der Waals surface area (Å²) >= 11 is 0. The predicted octanol–water partition coefficient (Wildman–Crippen LogP) is 3.58. The largest absolute Gasteiger partial charge is 0.306 e. The normalized spacial score (nSPS) is 10.7. The summed E-state index contributed by atoms with van der Waals surface area (Å²) in [6.45, 7) is 5.51. The van der Waals surface area contributed by atoms with Crippen LogP contribution < -0.4 is 5.32 Å². The third-order valence-corrected chi connectivity index (χ3v) is 3.75. The molecule has 0 bridgehead atoms. The number of halogens is 1. The van der Waals surface area contributed by atoms with E-state index < -0.39 is 0 Å². The molecule has 3 aromatic rings. The van der Waals surface area contributed by atoms with Gasteiger partial charge in [0, 0.05) is 6.20 Å². The zero-order chi connectivity index (χ0) is 17.3. The van der Waals surface area contributed by atoms with E-state index in [0.29, 0.717) is 28.5 Å². The summed E-state index contributed by atoms with van der Waals surface area (Å²) in [4.78, 5) is 16.7. The number of hydrogen-bond acceptors (Lipinski definition) is 3. The van der Waals surface area contributed by atoms with Gasteiger partial charge in [0.05, 0.1) is 22.6 Å². The van der Waals surface area contributed by atoms with Crippen LogP contribution in [0.1, 0.15) is 27.3 Å². The van der Waals surface area contributed by atoms with Gasteiger partial charge in [0.15, 0.2) is 0 Å². The number of pyridine rings is 1. The molecule has 2 heterocycles. The van der Waals surface area contributed by atoms with Gasteiger partial charge in [-0.3, -0.25) is 4.79 Å². The average molecular weight is 324 g/mol. The monoisotopic (exact) mass is 324 g/mol. The van der Waals surface area contributed by atoms with Gasteiger partial charge in [-0.2, -0.15) is 5.10 Å². The van der Waals surface area contributed by atoms with Gasteiger partial charge in [-0.05, 0) is 62.7 Å². The van der Waals surface area contributed by atoms with Crippen molar-refractivity contribution in [2.45, 2.75) is 20.8 Å². The first-order chi connectivity index (χ1) is 11.5. The minimum absolute atomic E-state index is 0.267. The van der Waals surface area contributed by atoms with Crippen molar-refractivity contribution in [2.75, 3.05) is 5.32 Å². The molecular formula is C18H17FN4O. The number of aryl methyl sites for hydroxylation is 2. The van der Waals surface area contributed by atoms with Crippen molar-refractivity contribution in [3.8, 4) is 5.69 Å². The maximum Gasteiger partial charge on any atom is 0.260 e. The van der Waals surface area contributed by atoms with Gasteiger partial charge >= 0.3 is 0 Å². The second-order valence-corrected chi connectivity index (χ2v) is 5.61. The number of carbonyl (C=O) groups excluding carboxylic acids is 1. The second kappa shape index (κ2) is 6.23. The fourth-order valence-electron chi connectivity index (χ4n) is 2.59. The van der Waals surface area contributed by atoms with Crippen LogP contribution in [0.5, 0.6) is 0 Å². The second-order valence-electron chi connectivity index (χ2n) is 5.61. The molecule has 0 saturated carbocycles. The molecule has 0 saturated heterocycles. The zero-order valence-electron chi connectivity index (χ0n) is 13.7. The van der Waals surface area contributed by atoms with E-state index in [-0.39, 0.29) is 11.7 Å². The topological polar surface area (TPSA) is 59.8 Å². The fraction of sp³-hybridized carbons (Fsp3) is 0.167. The van der Waals surface area contributed by atoms with Crippen LogP contribution in [0.4, 0.5) is 10.2 Å². The molecule has 6 heteroatoms. The Kier molecular flexibility index (Phi) is 4.12. The Morgan fingerprint density at radius 2 is 1.83 bits per heavy atom. The van der Waals surface area contributed by atoms with Crippen LogP contribution in [-0.2, 0) is 0 Å². The number of hydrogen-bond donors (Lipinski definition) is 1. The number of rotatable bonds is 3. The molecule has 1 amide bonds. The number of anilines is 1. The first-order valence-corrected chi connectivity index (χ1v) is 7.52. The molecule has 0 spiro atoms. The molecule has 0 aliphatic heterocycles. The SMILES string of the molecule is Cc1ccnc(NC(=O)c2c(C)nn(-c3ccc(F)cc3)c2C)c1. The van der Waals surface area contributed by atoms with E-state index in [1.807, 2.05) is 19.9 Å². The minimum Gasteiger partial charge on any atom is -0.306 e. The lowest BCUT2D eigenvalue weighted by Gasteiger charge is -2.07. The Balaban J connectivity index is 1.94. The third-order valence-electron chi connectivity index (χ3n) is 3.75. The fourth-order valence-corrected chi connectivity index (χ4v) is 2.59. The Morgan fingerprint density at radius 1 is 1.12 bits per heavy atom. The van der Waals surface area contributed by atoms with Crippen LogP contribution in [0.25, 0.3) is 5.69 Å². The van der Waals surface area contributed by atoms with Crippen LogP contribution in [-0.4, -0.2) is 20.7 Å². The molecule has 1 N–H and O–H groups in total. The number of carbonyl (C=O) groups is 1. The van der Waals surface area contributed by atoms with E-state index in [2.05, 4.69) is 15.4 Å². The van der Waals surface area contributed by atoms with Crippen molar-refractivity contribution >= 4 is 11.7 Å². The van der Waals surface area contributed by atoms with Crippen molar-refractivity contribution in [3.05, 3.63) is 70.9 Å². The lowest BCUT2D eigenvalue weighted by atomic mass is 10.2. The molecule has 3 rings (SSSR count). The molecule has 0 unspecified atom stereocenters. The number of nitrogens with zero attached hydrogens (tertiary/aromatic N) is 3. The van der Waals surface area contributed by atoms with Crippen molar-refractivity contribution < 1.29 is 9.18 Å². The summed E-state index contributed by atoms with van der Waals surface area (Å²) in [5, 5.41) is 7.19. The molecule has 5 nitrogen and oxygen atoms in total. The maximum atomic E-state index is 13.1. The van der Waals surface area contributed by atoms with Crippen LogP contribution in [0, 0.1) is 26.6 Å². The van der Waals surface area contributed by atoms with Gasteiger partial charge in [-0.1, -0.05) is 0 Å². The number of nitrogens with one attached hydrogen (secondary N) is 1. The smallest absolute Gasteiger partial charge is 0.260 e. The van der Waals surface area contributed by atoms with Crippen LogP contribution >= 0.6 is 0 Å². The predicted molar refractivity (Wildman–Crippen MR) is 89.9 cm³/mol. The van der Waals surface area contributed by atoms with E-state index in [4.69, 9.17) is 0 Å². The summed E-state index contributed by atoms with van der Waals surface area (Å²) in [6.07, 6.45) is 1.65. The molecule has 1 aromatic carbocycles. The lowest BCUT2D eigenvalue weighted by molar-refractivity contribution is 0.102. The van der Waals surface area contributed by atoms with Crippen LogP contribution in [0.2, 0.25) is 0 Å². The van der Waals surface area contributed by atoms with Gasteiger partial charge in [-0.25, -0.2) is 14.1 Å². The summed E-state index contributed by atoms with van der Waals surface area (Å²) < 4.78 is 14.7. The highest BCUT2D eigenvalue weighted by atomic mass is 19.1. The van der Waals surface area contributed by atoms with Gasteiger partial charge in [0.1, 0.15) is 11.6 Å². The Hall–Kier alpha value is -3.02. The number of aromatic nitrogens is 3. The molecule has 0 fully saturated rings. The summed E-state index contributed by atoms with van der Waals surface area (Å²) in [5.74, 6) is -0.0893. The standard InChI is InChI=1S/C18H17FN4O/c1-11-8-9-20-16(10-11)21-18(24)17-12(2)22-23(13(17)3)15-6-4-14(19)5-7-15/h4-10H,1-3H3,(H,20,21,24). The van der Waals surface area contributed by atoms with Crippen LogP contribution in [0.15, 0.2) is 42.6 Å². The van der Waals surface area contributed by atoms with E-state index in [1.165, 1.54) is 12.1 Å². The van der Waals surface area contributed by atoms with E-state index in [9.17, 15) is 9.18 Å². The van der Waals surface area contributed by atoms with E-state index >= 15 is 0 Å². The first kappa shape index (κ1) is 15.9. The van der Waals surface area contributed by atoms with Crippen molar-refractivity contribution in [2.24, 2.45) is 0 Å². The third kappa shape index (κ3) is 3.03. The Morgan fingerprint density at radius 3 is 2.50 bits per heavy atom. The molecule has 122 valence electrons. The van der Waals surface area contributed by atoms with E-state index in [1.54, 1.807) is 36.0 Å². The molecular weight excluding hydrogens is 307 g/mol.